The normalized spacial score (nSPS) is 9.71. The summed E-state index contributed by atoms with van der Waals surface area (Å²) in [5.41, 5.74) is 7.74. The van der Waals surface area contributed by atoms with Crippen LogP contribution in [0.5, 0.6) is 5.75 Å². The number of amides is 1. The molecule has 2 aromatic carbocycles. The Hall–Kier alpha value is -3.06. The SMILES string of the molecule is C=C(Oc1cc(C)ccc1C(N)=O)c1cccc(C#N)c1. The average molecular weight is 278 g/mol. The minimum atomic E-state index is -0.566. The molecule has 0 heterocycles. The molecule has 104 valence electrons. The highest BCUT2D eigenvalue weighted by atomic mass is 16.5. The minimum absolute atomic E-state index is 0.290. The second-order valence-corrected chi connectivity index (χ2v) is 4.58. The first kappa shape index (κ1) is 14.4. The van der Waals surface area contributed by atoms with E-state index < -0.39 is 5.91 Å². The van der Waals surface area contributed by atoms with Crippen LogP contribution < -0.4 is 10.5 Å². The first-order valence-electron chi connectivity index (χ1n) is 6.29. The zero-order valence-corrected chi connectivity index (χ0v) is 11.6. The molecule has 0 spiro atoms. The fraction of sp³-hybridized carbons (Fsp3) is 0.0588. The molecule has 0 aliphatic heterocycles. The molecule has 2 N–H and O–H groups in total. The van der Waals surface area contributed by atoms with E-state index in [9.17, 15) is 4.79 Å². The van der Waals surface area contributed by atoms with Crippen LogP contribution in [0.1, 0.15) is 27.0 Å². The van der Waals surface area contributed by atoms with Gasteiger partial charge in [-0.25, -0.2) is 0 Å². The van der Waals surface area contributed by atoms with Gasteiger partial charge in [0.15, 0.2) is 0 Å². The van der Waals surface area contributed by atoms with Gasteiger partial charge in [-0.05, 0) is 36.8 Å². The Morgan fingerprint density at radius 3 is 2.71 bits per heavy atom. The highest BCUT2D eigenvalue weighted by Gasteiger charge is 2.12. The van der Waals surface area contributed by atoms with Crippen molar-refractivity contribution in [2.75, 3.05) is 0 Å². The molecule has 0 radical (unpaired) electrons. The molecule has 0 aromatic heterocycles. The number of nitriles is 1. The van der Waals surface area contributed by atoms with Gasteiger partial charge in [-0.15, -0.1) is 0 Å². The number of ether oxygens (including phenoxy) is 1. The monoisotopic (exact) mass is 278 g/mol. The fourth-order valence-corrected chi connectivity index (χ4v) is 1.87. The van der Waals surface area contributed by atoms with Crippen molar-refractivity contribution in [2.45, 2.75) is 6.92 Å². The van der Waals surface area contributed by atoms with Crippen LogP contribution in [0.4, 0.5) is 0 Å². The van der Waals surface area contributed by atoms with Gasteiger partial charge in [-0.1, -0.05) is 24.8 Å². The number of aryl methyl sites for hydroxylation is 1. The molecule has 0 aliphatic carbocycles. The van der Waals surface area contributed by atoms with Crippen LogP contribution >= 0.6 is 0 Å². The molecule has 0 bridgehead atoms. The molecule has 0 saturated carbocycles. The van der Waals surface area contributed by atoms with E-state index in [1.165, 1.54) is 0 Å². The number of nitrogens with two attached hydrogens (primary N) is 1. The van der Waals surface area contributed by atoms with Crippen molar-refractivity contribution in [1.82, 2.24) is 0 Å². The van der Waals surface area contributed by atoms with Crippen molar-refractivity contribution in [3.8, 4) is 11.8 Å². The Labute approximate surface area is 123 Å². The Balaban J connectivity index is 2.33. The average Bonchev–Trinajstić information content (AvgIpc) is 2.47. The third-order valence-electron chi connectivity index (χ3n) is 2.95. The molecule has 0 unspecified atom stereocenters. The predicted octanol–water partition coefficient (Wildman–Crippen LogP) is 3.02. The number of carbonyl (C=O) groups is 1. The van der Waals surface area contributed by atoms with E-state index in [1.807, 2.05) is 6.92 Å². The van der Waals surface area contributed by atoms with Crippen molar-refractivity contribution < 1.29 is 9.53 Å². The fourth-order valence-electron chi connectivity index (χ4n) is 1.87. The highest BCUT2D eigenvalue weighted by molar-refractivity contribution is 5.96. The van der Waals surface area contributed by atoms with Crippen LogP contribution in [0, 0.1) is 18.3 Å². The molecule has 1 amide bonds. The summed E-state index contributed by atoms with van der Waals surface area (Å²) < 4.78 is 5.67. The molecule has 0 atom stereocenters. The Morgan fingerprint density at radius 1 is 1.29 bits per heavy atom. The van der Waals surface area contributed by atoms with E-state index in [2.05, 4.69) is 12.6 Å². The molecule has 2 aromatic rings. The van der Waals surface area contributed by atoms with Gasteiger partial charge in [0.2, 0.25) is 0 Å². The summed E-state index contributed by atoms with van der Waals surface area (Å²) in [7, 11) is 0. The number of hydrogen-bond acceptors (Lipinski definition) is 3. The smallest absolute Gasteiger partial charge is 0.252 e. The van der Waals surface area contributed by atoms with E-state index in [1.54, 1.807) is 42.5 Å². The maximum absolute atomic E-state index is 11.4. The van der Waals surface area contributed by atoms with E-state index in [0.717, 1.165) is 5.56 Å². The minimum Gasteiger partial charge on any atom is -0.457 e. The van der Waals surface area contributed by atoms with E-state index in [-0.39, 0.29) is 5.56 Å². The van der Waals surface area contributed by atoms with Crippen LogP contribution in [0.3, 0.4) is 0 Å². The topological polar surface area (TPSA) is 76.1 Å². The molecule has 0 aliphatic rings. The second kappa shape index (κ2) is 5.93. The highest BCUT2D eigenvalue weighted by Crippen LogP contribution is 2.25. The van der Waals surface area contributed by atoms with Crippen molar-refractivity contribution in [3.63, 3.8) is 0 Å². The Bertz CT molecular complexity index is 758. The number of primary amides is 1. The van der Waals surface area contributed by atoms with Gasteiger partial charge < -0.3 is 10.5 Å². The molecule has 2 rings (SSSR count). The summed E-state index contributed by atoms with van der Waals surface area (Å²) in [5, 5.41) is 8.91. The Morgan fingerprint density at radius 2 is 2.05 bits per heavy atom. The van der Waals surface area contributed by atoms with Crippen LogP contribution in [0.25, 0.3) is 5.76 Å². The lowest BCUT2D eigenvalue weighted by atomic mass is 10.1. The van der Waals surface area contributed by atoms with E-state index in [4.69, 9.17) is 15.7 Å². The molecular weight excluding hydrogens is 264 g/mol. The Kier molecular flexibility index (Phi) is 4.05. The third-order valence-corrected chi connectivity index (χ3v) is 2.95. The van der Waals surface area contributed by atoms with Crippen molar-refractivity contribution in [3.05, 3.63) is 71.3 Å². The molecular formula is C17H14N2O2. The maximum Gasteiger partial charge on any atom is 0.252 e. The van der Waals surface area contributed by atoms with Crippen LogP contribution in [-0.2, 0) is 0 Å². The van der Waals surface area contributed by atoms with Gasteiger partial charge in [0.25, 0.3) is 5.91 Å². The molecule has 4 nitrogen and oxygen atoms in total. The van der Waals surface area contributed by atoms with Crippen molar-refractivity contribution in [1.29, 1.82) is 5.26 Å². The standard InChI is InChI=1S/C17H14N2O2/c1-11-6-7-15(17(19)20)16(8-11)21-12(2)14-5-3-4-13(9-14)10-18/h3-9H,2H2,1H3,(H2,19,20). The summed E-state index contributed by atoms with van der Waals surface area (Å²) in [6.45, 7) is 5.73. The molecule has 0 saturated heterocycles. The molecule has 0 fully saturated rings. The zero-order chi connectivity index (χ0) is 15.4. The van der Waals surface area contributed by atoms with Crippen molar-refractivity contribution >= 4 is 11.7 Å². The first-order chi connectivity index (χ1) is 10.0. The molecule has 4 heteroatoms. The molecule has 21 heavy (non-hydrogen) atoms. The van der Waals surface area contributed by atoms with Crippen LogP contribution in [0.15, 0.2) is 49.0 Å². The van der Waals surface area contributed by atoms with E-state index >= 15 is 0 Å². The first-order valence-corrected chi connectivity index (χ1v) is 6.29. The summed E-state index contributed by atoms with van der Waals surface area (Å²) in [5.74, 6) is 0.138. The van der Waals surface area contributed by atoms with Gasteiger partial charge in [0, 0.05) is 5.56 Å². The summed E-state index contributed by atoms with van der Waals surface area (Å²) in [6.07, 6.45) is 0. The van der Waals surface area contributed by atoms with Gasteiger partial charge in [-0.2, -0.15) is 5.26 Å². The third kappa shape index (κ3) is 3.28. The summed E-state index contributed by atoms with van der Waals surface area (Å²) in [4.78, 5) is 11.4. The van der Waals surface area contributed by atoms with E-state index in [0.29, 0.717) is 22.6 Å². The van der Waals surface area contributed by atoms with Crippen molar-refractivity contribution in [2.24, 2.45) is 5.73 Å². The summed E-state index contributed by atoms with van der Waals surface area (Å²) in [6, 6.07) is 14.1. The van der Waals surface area contributed by atoms with Crippen LogP contribution in [0.2, 0.25) is 0 Å². The second-order valence-electron chi connectivity index (χ2n) is 4.58. The number of benzene rings is 2. The lowest BCUT2D eigenvalue weighted by molar-refractivity contribution is 0.0998. The quantitative estimate of drug-likeness (QED) is 0.873. The van der Waals surface area contributed by atoms with Gasteiger partial charge in [0.1, 0.15) is 11.5 Å². The maximum atomic E-state index is 11.4. The number of nitrogens with zero attached hydrogens (tertiary/aromatic N) is 1. The number of hydrogen-bond donors (Lipinski definition) is 1. The number of rotatable bonds is 4. The lowest BCUT2D eigenvalue weighted by Crippen LogP contribution is -2.13. The summed E-state index contributed by atoms with van der Waals surface area (Å²) >= 11 is 0. The van der Waals surface area contributed by atoms with Gasteiger partial charge in [0.05, 0.1) is 17.2 Å². The lowest BCUT2D eigenvalue weighted by Gasteiger charge is -2.12. The van der Waals surface area contributed by atoms with Gasteiger partial charge in [-0.3, -0.25) is 4.79 Å². The zero-order valence-electron chi connectivity index (χ0n) is 11.6. The van der Waals surface area contributed by atoms with Gasteiger partial charge >= 0.3 is 0 Å². The number of carbonyl (C=O) groups excluding carboxylic acids is 1. The predicted molar refractivity (Wildman–Crippen MR) is 80.5 cm³/mol. The van der Waals surface area contributed by atoms with Crippen LogP contribution in [-0.4, -0.2) is 5.91 Å². The largest absolute Gasteiger partial charge is 0.457 e.